The van der Waals surface area contributed by atoms with Gasteiger partial charge in [0.15, 0.2) is 0 Å². The Hall–Kier alpha value is -2.82. The lowest BCUT2D eigenvalue weighted by Crippen LogP contribution is -2.62. The molecule has 0 aromatic heterocycles. The highest BCUT2D eigenvalue weighted by Gasteiger charge is 2.46. The van der Waals surface area contributed by atoms with Crippen LogP contribution in [0.2, 0.25) is 0 Å². The summed E-state index contributed by atoms with van der Waals surface area (Å²) in [6.45, 7) is 4.95. The Morgan fingerprint density at radius 2 is 1.89 bits per heavy atom. The van der Waals surface area contributed by atoms with Crippen LogP contribution in [0.4, 0.5) is 0 Å². The van der Waals surface area contributed by atoms with Gasteiger partial charge in [-0.25, -0.2) is 0 Å². The van der Waals surface area contributed by atoms with Gasteiger partial charge in [0, 0.05) is 25.1 Å². The van der Waals surface area contributed by atoms with Crippen LogP contribution in [0.5, 0.6) is 5.75 Å². The Labute approximate surface area is 166 Å². The van der Waals surface area contributed by atoms with Crippen molar-refractivity contribution in [2.75, 3.05) is 13.7 Å². The van der Waals surface area contributed by atoms with Crippen LogP contribution in [0.3, 0.4) is 0 Å². The van der Waals surface area contributed by atoms with Gasteiger partial charge >= 0.3 is 0 Å². The van der Waals surface area contributed by atoms with Crippen molar-refractivity contribution in [3.8, 4) is 5.75 Å². The lowest BCUT2D eigenvalue weighted by atomic mass is 9.82. The molecule has 0 bridgehead atoms. The molecule has 1 N–H and O–H groups in total. The number of nitrogens with zero attached hydrogens (tertiary/aromatic N) is 1. The first-order valence-corrected chi connectivity index (χ1v) is 9.80. The standard InChI is InChI=1S/C23H28N2O3/c1-4-5-14-25-21(26)20-9-7-6-8-18(20)15-23(25,2)22(27)24-16-17-10-12-19(28-3)13-11-17/h6-13H,4-5,14-16H2,1-3H3,(H,24,27). The molecule has 1 aliphatic rings. The number of carbonyl (C=O) groups is 2. The van der Waals surface area contributed by atoms with Gasteiger partial charge in [-0.15, -0.1) is 0 Å². The number of unbranched alkanes of at least 4 members (excludes halogenated alkanes) is 1. The van der Waals surface area contributed by atoms with Gasteiger partial charge < -0.3 is 15.0 Å². The number of benzene rings is 2. The first kappa shape index (κ1) is 19.9. The zero-order valence-corrected chi connectivity index (χ0v) is 16.8. The van der Waals surface area contributed by atoms with E-state index in [1.165, 1.54) is 0 Å². The van der Waals surface area contributed by atoms with E-state index in [1.807, 2.05) is 55.5 Å². The zero-order valence-electron chi connectivity index (χ0n) is 16.8. The quantitative estimate of drug-likeness (QED) is 0.799. The molecule has 0 spiro atoms. The van der Waals surface area contributed by atoms with Gasteiger partial charge in [-0.05, 0) is 42.7 Å². The topological polar surface area (TPSA) is 58.6 Å². The predicted molar refractivity (Wildman–Crippen MR) is 109 cm³/mol. The summed E-state index contributed by atoms with van der Waals surface area (Å²) in [5, 5.41) is 3.03. The summed E-state index contributed by atoms with van der Waals surface area (Å²) in [7, 11) is 1.63. The molecule has 1 atom stereocenters. The lowest BCUT2D eigenvalue weighted by Gasteiger charge is -2.44. The van der Waals surface area contributed by atoms with Gasteiger partial charge in [0.05, 0.1) is 7.11 Å². The van der Waals surface area contributed by atoms with E-state index in [4.69, 9.17) is 4.74 Å². The minimum Gasteiger partial charge on any atom is -0.497 e. The number of methoxy groups -OCH3 is 1. The molecule has 1 heterocycles. The van der Waals surface area contributed by atoms with E-state index in [1.54, 1.807) is 12.0 Å². The van der Waals surface area contributed by atoms with Gasteiger partial charge in [0.25, 0.3) is 5.91 Å². The molecule has 0 radical (unpaired) electrons. The summed E-state index contributed by atoms with van der Waals surface area (Å²) >= 11 is 0. The fourth-order valence-electron chi connectivity index (χ4n) is 3.70. The van der Waals surface area contributed by atoms with E-state index in [-0.39, 0.29) is 11.8 Å². The zero-order chi connectivity index (χ0) is 20.1. The third-order valence-corrected chi connectivity index (χ3v) is 5.46. The Kier molecular flexibility index (Phi) is 6.02. The molecule has 0 saturated carbocycles. The number of fused-ring (bicyclic) bond motifs is 1. The van der Waals surface area contributed by atoms with Crippen LogP contribution in [-0.2, 0) is 17.8 Å². The third kappa shape index (κ3) is 3.88. The molecule has 0 saturated heterocycles. The Balaban J connectivity index is 1.81. The van der Waals surface area contributed by atoms with Gasteiger partial charge in [-0.3, -0.25) is 9.59 Å². The van der Waals surface area contributed by atoms with Gasteiger partial charge in [0.1, 0.15) is 11.3 Å². The average molecular weight is 380 g/mol. The van der Waals surface area contributed by atoms with Gasteiger partial charge in [0.2, 0.25) is 5.91 Å². The second-order valence-corrected chi connectivity index (χ2v) is 7.45. The van der Waals surface area contributed by atoms with Crippen LogP contribution in [-0.4, -0.2) is 35.9 Å². The average Bonchev–Trinajstić information content (AvgIpc) is 2.72. The molecule has 3 rings (SSSR count). The maximum atomic E-state index is 13.2. The normalized spacial score (nSPS) is 18.5. The second-order valence-electron chi connectivity index (χ2n) is 7.45. The number of rotatable bonds is 7. The molecule has 1 unspecified atom stereocenters. The highest BCUT2D eigenvalue weighted by molar-refractivity contribution is 6.02. The molecule has 1 aliphatic heterocycles. The predicted octanol–water partition coefficient (Wildman–Crippen LogP) is 3.57. The van der Waals surface area contributed by atoms with Crippen molar-refractivity contribution in [2.45, 2.75) is 45.2 Å². The largest absolute Gasteiger partial charge is 0.497 e. The number of amides is 2. The highest BCUT2D eigenvalue weighted by atomic mass is 16.5. The van der Waals surface area contributed by atoms with Crippen molar-refractivity contribution in [3.05, 3.63) is 65.2 Å². The third-order valence-electron chi connectivity index (χ3n) is 5.46. The fraction of sp³-hybridized carbons (Fsp3) is 0.391. The molecule has 0 aliphatic carbocycles. The Morgan fingerprint density at radius 1 is 1.18 bits per heavy atom. The van der Waals surface area contributed by atoms with E-state index in [2.05, 4.69) is 12.2 Å². The minimum atomic E-state index is -0.896. The van der Waals surface area contributed by atoms with Gasteiger partial charge in [-0.1, -0.05) is 43.7 Å². The molecule has 5 nitrogen and oxygen atoms in total. The molecular weight excluding hydrogens is 352 g/mol. The van der Waals surface area contributed by atoms with Crippen molar-refractivity contribution in [1.82, 2.24) is 10.2 Å². The lowest BCUT2D eigenvalue weighted by molar-refractivity contribution is -0.131. The monoisotopic (exact) mass is 380 g/mol. The number of nitrogens with one attached hydrogen (secondary N) is 1. The summed E-state index contributed by atoms with van der Waals surface area (Å²) in [6, 6.07) is 15.2. The molecule has 5 heteroatoms. The van der Waals surface area contributed by atoms with Crippen LogP contribution in [0, 0.1) is 0 Å². The summed E-state index contributed by atoms with van der Waals surface area (Å²) in [5.74, 6) is 0.599. The molecule has 28 heavy (non-hydrogen) atoms. The number of hydrogen-bond acceptors (Lipinski definition) is 3. The van der Waals surface area contributed by atoms with Crippen LogP contribution < -0.4 is 10.1 Å². The molecular formula is C23H28N2O3. The summed E-state index contributed by atoms with van der Waals surface area (Å²) in [6.07, 6.45) is 2.36. The van der Waals surface area contributed by atoms with Crippen molar-refractivity contribution in [3.63, 3.8) is 0 Å². The Morgan fingerprint density at radius 3 is 2.57 bits per heavy atom. The SMILES string of the molecule is CCCCN1C(=O)c2ccccc2CC1(C)C(=O)NCc1ccc(OC)cc1. The van der Waals surface area contributed by atoms with Crippen LogP contribution in [0.15, 0.2) is 48.5 Å². The van der Waals surface area contributed by atoms with Crippen LogP contribution in [0.25, 0.3) is 0 Å². The van der Waals surface area contributed by atoms with Gasteiger partial charge in [-0.2, -0.15) is 0 Å². The fourth-order valence-corrected chi connectivity index (χ4v) is 3.70. The van der Waals surface area contributed by atoms with Crippen LogP contribution in [0.1, 0.15) is 48.2 Å². The van der Waals surface area contributed by atoms with E-state index in [0.29, 0.717) is 25.1 Å². The molecule has 2 aromatic rings. The van der Waals surface area contributed by atoms with Crippen molar-refractivity contribution in [2.24, 2.45) is 0 Å². The van der Waals surface area contributed by atoms with E-state index in [0.717, 1.165) is 29.7 Å². The summed E-state index contributed by atoms with van der Waals surface area (Å²) < 4.78 is 5.17. The van der Waals surface area contributed by atoms with Crippen molar-refractivity contribution < 1.29 is 14.3 Å². The number of ether oxygens (including phenoxy) is 1. The first-order valence-electron chi connectivity index (χ1n) is 9.80. The van der Waals surface area contributed by atoms with Crippen molar-refractivity contribution in [1.29, 1.82) is 0 Å². The van der Waals surface area contributed by atoms with Crippen molar-refractivity contribution >= 4 is 11.8 Å². The van der Waals surface area contributed by atoms with E-state index in [9.17, 15) is 9.59 Å². The smallest absolute Gasteiger partial charge is 0.255 e. The molecule has 2 aromatic carbocycles. The summed E-state index contributed by atoms with van der Waals surface area (Å²) in [5.41, 5.74) is 1.73. The number of carbonyl (C=O) groups excluding carboxylic acids is 2. The summed E-state index contributed by atoms with van der Waals surface area (Å²) in [4.78, 5) is 28.1. The highest BCUT2D eigenvalue weighted by Crippen LogP contribution is 2.31. The first-order chi connectivity index (χ1) is 13.5. The Bertz CT molecular complexity index is 847. The second kappa shape index (κ2) is 8.46. The maximum Gasteiger partial charge on any atom is 0.255 e. The maximum absolute atomic E-state index is 13.2. The number of hydrogen-bond donors (Lipinski definition) is 1. The molecule has 2 amide bonds. The van der Waals surface area contributed by atoms with E-state index < -0.39 is 5.54 Å². The molecule has 148 valence electrons. The van der Waals surface area contributed by atoms with E-state index >= 15 is 0 Å². The molecule has 0 fully saturated rings. The minimum absolute atomic E-state index is 0.0580. The van der Waals surface area contributed by atoms with Crippen LogP contribution >= 0.6 is 0 Å².